The van der Waals surface area contributed by atoms with Gasteiger partial charge in [0.1, 0.15) is 0 Å². The van der Waals surface area contributed by atoms with Crippen molar-refractivity contribution in [2.75, 3.05) is 0 Å². The standard InChI is InChI=1S/C7H13O2.2CH3.Bi/c1-2-3-4-5-6-7(8)9;;;/h6H,2-5H2,1H3,(H,8,9);2*1H3;. The van der Waals surface area contributed by atoms with Crippen molar-refractivity contribution in [2.45, 2.75) is 45.5 Å². The van der Waals surface area contributed by atoms with Gasteiger partial charge in [-0.15, -0.1) is 0 Å². The first-order chi connectivity index (χ1) is 5.59. The zero-order valence-corrected chi connectivity index (χ0v) is 11.7. The first kappa shape index (κ1) is 12.4. The minimum atomic E-state index is -1.57. The van der Waals surface area contributed by atoms with Crippen molar-refractivity contribution in [3.8, 4) is 0 Å². The van der Waals surface area contributed by atoms with Gasteiger partial charge in [0.25, 0.3) is 0 Å². The molecule has 0 saturated carbocycles. The Balaban J connectivity index is 3.72. The molecule has 0 heterocycles. The molecule has 2 nitrogen and oxygen atoms in total. The zero-order valence-electron chi connectivity index (χ0n) is 8.21. The van der Waals surface area contributed by atoms with Crippen LogP contribution in [-0.2, 0) is 4.79 Å². The molecule has 0 radical (unpaired) electrons. The summed E-state index contributed by atoms with van der Waals surface area (Å²) in [4.78, 5) is 10.8. The molecule has 0 aromatic heterocycles. The van der Waals surface area contributed by atoms with Crippen molar-refractivity contribution in [1.82, 2.24) is 0 Å². The fourth-order valence-electron chi connectivity index (χ4n) is 1.19. The Kier molecular flexibility index (Phi) is 7.03. The number of aliphatic carboxylic acids is 1. The van der Waals surface area contributed by atoms with E-state index in [0.717, 1.165) is 12.8 Å². The van der Waals surface area contributed by atoms with Crippen molar-refractivity contribution in [1.29, 1.82) is 0 Å². The molecule has 0 aliphatic carbocycles. The van der Waals surface area contributed by atoms with Crippen LogP contribution in [-0.4, -0.2) is 32.8 Å². The average Bonchev–Trinajstić information content (AvgIpc) is 1.96. The SMILES string of the molecule is CCCCC[CH](C(=O)O)[Bi]([CH3])[CH3]. The monoisotopic (exact) mass is 368 g/mol. The normalized spacial score (nSPS) is 13.3. The maximum atomic E-state index is 10.8. The van der Waals surface area contributed by atoms with Gasteiger partial charge in [0.2, 0.25) is 0 Å². The van der Waals surface area contributed by atoms with E-state index >= 15 is 0 Å². The summed E-state index contributed by atoms with van der Waals surface area (Å²) in [6.07, 6.45) is 4.38. The van der Waals surface area contributed by atoms with Crippen LogP contribution in [0.25, 0.3) is 0 Å². The topological polar surface area (TPSA) is 37.3 Å². The summed E-state index contributed by atoms with van der Waals surface area (Å²) in [5, 5.41) is 8.89. The van der Waals surface area contributed by atoms with Crippen molar-refractivity contribution in [3.63, 3.8) is 0 Å². The number of carboxylic acid groups (broad SMARTS) is 1. The van der Waals surface area contributed by atoms with Crippen LogP contribution in [0.3, 0.4) is 0 Å². The number of carbonyl (C=O) groups is 1. The summed E-state index contributed by atoms with van der Waals surface area (Å²) in [6, 6.07) is 0. The molecule has 0 spiro atoms. The third-order valence-corrected chi connectivity index (χ3v) is 8.70. The van der Waals surface area contributed by atoms with Gasteiger partial charge in [-0.05, 0) is 0 Å². The van der Waals surface area contributed by atoms with Gasteiger partial charge < -0.3 is 0 Å². The molecule has 0 aliphatic rings. The van der Waals surface area contributed by atoms with Crippen LogP contribution in [0.2, 0.25) is 12.9 Å². The Hall–Kier alpha value is 0.353. The van der Waals surface area contributed by atoms with Gasteiger partial charge in [-0.25, -0.2) is 0 Å². The first-order valence-corrected chi connectivity index (χ1v) is 13.4. The van der Waals surface area contributed by atoms with Crippen molar-refractivity contribution in [2.24, 2.45) is 0 Å². The molecule has 0 saturated heterocycles. The predicted octanol–water partition coefficient (Wildman–Crippen LogP) is 2.78. The summed E-state index contributed by atoms with van der Waals surface area (Å²) < 4.78 is 4.42. The molecule has 0 aliphatic heterocycles. The number of unbranched alkanes of at least 4 members (excludes halogenated alkanes) is 2. The molecular weight excluding hydrogens is 349 g/mol. The number of hydrogen-bond donors (Lipinski definition) is 1. The Morgan fingerprint density at radius 1 is 1.42 bits per heavy atom. The molecule has 0 fully saturated rings. The fraction of sp³-hybridized carbons (Fsp3) is 0.889. The second-order valence-electron chi connectivity index (χ2n) is 3.31. The van der Waals surface area contributed by atoms with Crippen molar-refractivity contribution < 1.29 is 9.90 Å². The zero-order chi connectivity index (χ0) is 9.56. The quantitative estimate of drug-likeness (QED) is 0.578. The predicted molar refractivity (Wildman–Crippen MR) is 53.0 cm³/mol. The minimum absolute atomic E-state index is 0.0616. The van der Waals surface area contributed by atoms with Gasteiger partial charge in [-0.2, -0.15) is 0 Å². The van der Waals surface area contributed by atoms with E-state index in [1.807, 2.05) is 0 Å². The molecule has 0 aromatic carbocycles. The van der Waals surface area contributed by atoms with Crippen LogP contribution < -0.4 is 0 Å². The molecule has 1 N–H and O–H groups in total. The van der Waals surface area contributed by atoms with E-state index in [4.69, 9.17) is 5.11 Å². The van der Waals surface area contributed by atoms with E-state index < -0.39 is 27.7 Å². The molecule has 0 amide bonds. The molecule has 12 heavy (non-hydrogen) atoms. The van der Waals surface area contributed by atoms with E-state index in [2.05, 4.69) is 16.2 Å². The summed E-state index contributed by atoms with van der Waals surface area (Å²) in [5.74, 6) is -0.547. The van der Waals surface area contributed by atoms with Gasteiger partial charge in [0.15, 0.2) is 0 Å². The number of rotatable bonds is 6. The van der Waals surface area contributed by atoms with Crippen LogP contribution in [0, 0.1) is 0 Å². The molecule has 1 atom stereocenters. The summed E-state index contributed by atoms with van der Waals surface area (Å²) in [5.41, 5.74) is 0. The van der Waals surface area contributed by atoms with Gasteiger partial charge >= 0.3 is 83.1 Å². The summed E-state index contributed by atoms with van der Waals surface area (Å²) >= 11 is -1.57. The Morgan fingerprint density at radius 3 is 2.33 bits per heavy atom. The van der Waals surface area contributed by atoms with Crippen LogP contribution >= 0.6 is 0 Å². The van der Waals surface area contributed by atoms with E-state index in [1.165, 1.54) is 12.8 Å². The average molecular weight is 368 g/mol. The molecule has 1 unspecified atom stereocenters. The first-order valence-electron chi connectivity index (χ1n) is 4.48. The Labute approximate surface area is 83.0 Å². The van der Waals surface area contributed by atoms with Gasteiger partial charge in [-0.1, -0.05) is 0 Å². The molecule has 3 heteroatoms. The third kappa shape index (κ3) is 5.08. The van der Waals surface area contributed by atoms with E-state index in [0.29, 0.717) is 0 Å². The molecule has 72 valence electrons. The van der Waals surface area contributed by atoms with Crippen LogP contribution in [0.15, 0.2) is 0 Å². The van der Waals surface area contributed by atoms with Gasteiger partial charge in [0.05, 0.1) is 0 Å². The van der Waals surface area contributed by atoms with E-state index in [-0.39, 0.29) is 3.63 Å². The van der Waals surface area contributed by atoms with Crippen molar-refractivity contribution >= 4 is 27.7 Å². The van der Waals surface area contributed by atoms with Gasteiger partial charge in [-0.3, -0.25) is 0 Å². The second kappa shape index (κ2) is 6.82. The van der Waals surface area contributed by atoms with E-state index in [1.54, 1.807) is 0 Å². The summed E-state index contributed by atoms with van der Waals surface area (Å²) in [7, 11) is 0. The molecule has 0 bridgehead atoms. The molecule has 0 rings (SSSR count). The summed E-state index contributed by atoms with van der Waals surface area (Å²) in [6.45, 7) is 2.15. The number of carboxylic acids is 1. The van der Waals surface area contributed by atoms with Crippen LogP contribution in [0.4, 0.5) is 0 Å². The van der Waals surface area contributed by atoms with Gasteiger partial charge in [0, 0.05) is 0 Å². The molecule has 0 aromatic rings. The maximum absolute atomic E-state index is 10.8. The fourth-order valence-corrected chi connectivity index (χ4v) is 5.62. The Bertz CT molecular complexity index is 134. The molecular formula is C9H19BiO2. The van der Waals surface area contributed by atoms with E-state index in [9.17, 15) is 4.79 Å². The van der Waals surface area contributed by atoms with Crippen LogP contribution in [0.5, 0.6) is 0 Å². The Morgan fingerprint density at radius 2 is 2.00 bits per heavy atom. The third-order valence-electron chi connectivity index (χ3n) is 1.99. The number of hydrogen-bond acceptors (Lipinski definition) is 1. The van der Waals surface area contributed by atoms with Crippen LogP contribution in [0.1, 0.15) is 32.6 Å². The van der Waals surface area contributed by atoms with Crippen molar-refractivity contribution in [3.05, 3.63) is 0 Å². The second-order valence-corrected chi connectivity index (χ2v) is 13.2.